The maximum absolute atomic E-state index is 11.6. The minimum absolute atomic E-state index is 0.551. The van der Waals surface area contributed by atoms with Crippen LogP contribution in [0.3, 0.4) is 0 Å². The molecular weight excluding hydrogens is 232 g/mol. The highest BCUT2D eigenvalue weighted by Gasteiger charge is 2.21. The van der Waals surface area contributed by atoms with Gasteiger partial charge in [-0.3, -0.25) is 4.79 Å². The van der Waals surface area contributed by atoms with Crippen LogP contribution in [0.1, 0.15) is 0 Å². The Labute approximate surface area is 103 Å². The van der Waals surface area contributed by atoms with E-state index in [0.29, 0.717) is 5.69 Å². The Bertz CT molecular complexity index is 605. The van der Waals surface area contributed by atoms with E-state index in [1.807, 2.05) is 30.3 Å². The number of carbonyl (C=O) groups excluding carboxylic acids is 1. The molecule has 2 aromatic rings. The fourth-order valence-corrected chi connectivity index (χ4v) is 1.66. The Morgan fingerprint density at radius 3 is 2.50 bits per heavy atom. The van der Waals surface area contributed by atoms with Crippen molar-refractivity contribution in [1.29, 1.82) is 0 Å². The summed E-state index contributed by atoms with van der Waals surface area (Å²) in [7, 11) is 0. The third kappa shape index (κ3) is 2.31. The highest BCUT2D eigenvalue weighted by Crippen LogP contribution is 2.22. The van der Waals surface area contributed by atoms with Crippen molar-refractivity contribution in [2.75, 3.05) is 5.32 Å². The standard InChI is InChI=1S/C13H12N2O3/c14-11(13(17)18)12(16)15-10-7-3-5-8-4-1-2-6-9(8)10/h1-7,11H,14H2,(H,15,16)(H,17,18). The lowest BCUT2D eigenvalue weighted by atomic mass is 10.1. The molecule has 0 bridgehead atoms. The van der Waals surface area contributed by atoms with Gasteiger partial charge in [-0.05, 0) is 11.5 Å². The Kier molecular flexibility index (Phi) is 3.25. The molecule has 0 aromatic heterocycles. The summed E-state index contributed by atoms with van der Waals surface area (Å²) in [6.45, 7) is 0. The number of hydrogen-bond donors (Lipinski definition) is 3. The molecule has 0 heterocycles. The second kappa shape index (κ2) is 4.85. The van der Waals surface area contributed by atoms with Crippen molar-refractivity contribution in [3.05, 3.63) is 42.5 Å². The summed E-state index contributed by atoms with van der Waals surface area (Å²) in [5, 5.41) is 13.0. The second-order valence-corrected chi connectivity index (χ2v) is 3.83. The quantitative estimate of drug-likeness (QED) is 0.707. The molecule has 1 unspecified atom stereocenters. The van der Waals surface area contributed by atoms with Crippen molar-refractivity contribution in [2.45, 2.75) is 6.04 Å². The molecule has 92 valence electrons. The van der Waals surface area contributed by atoms with Gasteiger partial charge in [-0.1, -0.05) is 36.4 Å². The van der Waals surface area contributed by atoms with Crippen LogP contribution in [0.4, 0.5) is 5.69 Å². The summed E-state index contributed by atoms with van der Waals surface area (Å²) >= 11 is 0. The molecule has 0 saturated heterocycles. The number of fused-ring (bicyclic) bond motifs is 1. The van der Waals surface area contributed by atoms with Crippen molar-refractivity contribution in [2.24, 2.45) is 5.73 Å². The van der Waals surface area contributed by atoms with E-state index in [0.717, 1.165) is 10.8 Å². The molecule has 0 aliphatic carbocycles. The van der Waals surface area contributed by atoms with Crippen LogP contribution in [0.15, 0.2) is 42.5 Å². The summed E-state index contributed by atoms with van der Waals surface area (Å²) in [4.78, 5) is 22.2. The fourth-order valence-electron chi connectivity index (χ4n) is 1.66. The smallest absolute Gasteiger partial charge is 0.330 e. The number of carboxylic acid groups (broad SMARTS) is 1. The molecule has 0 fully saturated rings. The molecular formula is C13H12N2O3. The van der Waals surface area contributed by atoms with Crippen LogP contribution in [0, 0.1) is 0 Å². The first kappa shape index (κ1) is 12.1. The Morgan fingerprint density at radius 1 is 1.11 bits per heavy atom. The largest absolute Gasteiger partial charge is 0.480 e. The molecule has 0 aliphatic rings. The van der Waals surface area contributed by atoms with Gasteiger partial charge in [0.1, 0.15) is 0 Å². The maximum atomic E-state index is 11.6. The molecule has 1 atom stereocenters. The van der Waals surface area contributed by atoms with Crippen molar-refractivity contribution in [1.82, 2.24) is 0 Å². The number of nitrogens with one attached hydrogen (secondary N) is 1. The van der Waals surface area contributed by atoms with E-state index in [4.69, 9.17) is 10.8 Å². The molecule has 5 nitrogen and oxygen atoms in total. The van der Waals surface area contributed by atoms with E-state index >= 15 is 0 Å². The lowest BCUT2D eigenvalue weighted by molar-refractivity contribution is -0.141. The van der Waals surface area contributed by atoms with Gasteiger partial charge in [-0.2, -0.15) is 0 Å². The number of carbonyl (C=O) groups is 2. The highest BCUT2D eigenvalue weighted by molar-refractivity contribution is 6.10. The maximum Gasteiger partial charge on any atom is 0.330 e. The van der Waals surface area contributed by atoms with Gasteiger partial charge >= 0.3 is 5.97 Å². The summed E-state index contributed by atoms with van der Waals surface area (Å²) < 4.78 is 0. The number of rotatable bonds is 3. The summed E-state index contributed by atoms with van der Waals surface area (Å²) in [6, 6.07) is 11.3. The van der Waals surface area contributed by atoms with Crippen LogP contribution < -0.4 is 11.1 Å². The van der Waals surface area contributed by atoms with Crippen molar-refractivity contribution >= 4 is 28.3 Å². The minimum Gasteiger partial charge on any atom is -0.480 e. The van der Waals surface area contributed by atoms with Crippen molar-refractivity contribution in [3.63, 3.8) is 0 Å². The van der Waals surface area contributed by atoms with Crippen LogP contribution in [0.25, 0.3) is 10.8 Å². The molecule has 2 aromatic carbocycles. The average molecular weight is 244 g/mol. The van der Waals surface area contributed by atoms with Crippen LogP contribution in [0.5, 0.6) is 0 Å². The molecule has 5 heteroatoms. The topological polar surface area (TPSA) is 92.4 Å². The van der Waals surface area contributed by atoms with Crippen molar-refractivity contribution in [3.8, 4) is 0 Å². The normalized spacial score (nSPS) is 12.1. The lowest BCUT2D eigenvalue weighted by Gasteiger charge is -2.10. The molecule has 18 heavy (non-hydrogen) atoms. The molecule has 0 radical (unpaired) electrons. The molecule has 2 rings (SSSR count). The van der Waals surface area contributed by atoms with E-state index in [-0.39, 0.29) is 0 Å². The zero-order chi connectivity index (χ0) is 13.1. The monoisotopic (exact) mass is 244 g/mol. The van der Waals surface area contributed by atoms with Gasteiger partial charge in [-0.25, -0.2) is 4.79 Å². The molecule has 1 amide bonds. The molecule has 0 aliphatic heterocycles. The minimum atomic E-state index is -1.57. The second-order valence-electron chi connectivity index (χ2n) is 3.83. The third-order valence-electron chi connectivity index (χ3n) is 2.60. The number of aliphatic carboxylic acids is 1. The number of carboxylic acids is 1. The van der Waals surface area contributed by atoms with E-state index in [9.17, 15) is 9.59 Å². The van der Waals surface area contributed by atoms with Gasteiger partial charge in [0.05, 0.1) is 0 Å². The summed E-state index contributed by atoms with van der Waals surface area (Å²) in [5.74, 6) is -2.09. The summed E-state index contributed by atoms with van der Waals surface area (Å²) in [5.41, 5.74) is 5.79. The first-order valence-corrected chi connectivity index (χ1v) is 5.36. The predicted octanol–water partition coefficient (Wildman–Crippen LogP) is 1.19. The van der Waals surface area contributed by atoms with Crippen LogP contribution in [0.2, 0.25) is 0 Å². The van der Waals surface area contributed by atoms with Crippen LogP contribution in [-0.4, -0.2) is 23.0 Å². The first-order chi connectivity index (χ1) is 8.59. The molecule has 0 saturated carbocycles. The number of nitrogens with two attached hydrogens (primary N) is 1. The van der Waals surface area contributed by atoms with Gasteiger partial charge in [-0.15, -0.1) is 0 Å². The number of hydrogen-bond acceptors (Lipinski definition) is 3. The van der Waals surface area contributed by atoms with Gasteiger partial charge < -0.3 is 16.2 Å². The van der Waals surface area contributed by atoms with Gasteiger partial charge in [0.2, 0.25) is 0 Å². The Balaban J connectivity index is 2.32. The third-order valence-corrected chi connectivity index (χ3v) is 2.60. The number of anilines is 1. The van der Waals surface area contributed by atoms with Crippen LogP contribution in [-0.2, 0) is 9.59 Å². The number of benzene rings is 2. The molecule has 0 spiro atoms. The fraction of sp³-hybridized carbons (Fsp3) is 0.0769. The van der Waals surface area contributed by atoms with Crippen molar-refractivity contribution < 1.29 is 14.7 Å². The number of amides is 1. The van der Waals surface area contributed by atoms with E-state index in [1.165, 1.54) is 0 Å². The molecule has 4 N–H and O–H groups in total. The van der Waals surface area contributed by atoms with E-state index < -0.39 is 17.9 Å². The summed E-state index contributed by atoms with van der Waals surface area (Å²) in [6.07, 6.45) is 0. The predicted molar refractivity (Wildman–Crippen MR) is 68.2 cm³/mol. The van der Waals surface area contributed by atoms with Crippen LogP contribution >= 0.6 is 0 Å². The zero-order valence-corrected chi connectivity index (χ0v) is 9.46. The highest BCUT2D eigenvalue weighted by atomic mass is 16.4. The van der Waals surface area contributed by atoms with E-state index in [1.54, 1.807) is 12.1 Å². The van der Waals surface area contributed by atoms with Gasteiger partial charge in [0.15, 0.2) is 6.04 Å². The Morgan fingerprint density at radius 2 is 1.78 bits per heavy atom. The Hall–Kier alpha value is -2.40. The first-order valence-electron chi connectivity index (χ1n) is 5.36. The van der Waals surface area contributed by atoms with E-state index in [2.05, 4.69) is 5.32 Å². The zero-order valence-electron chi connectivity index (χ0n) is 9.46. The van der Waals surface area contributed by atoms with Gasteiger partial charge in [0.25, 0.3) is 5.91 Å². The lowest BCUT2D eigenvalue weighted by Crippen LogP contribution is -2.42. The SMILES string of the molecule is NC(C(=O)O)C(=O)Nc1cccc2ccccc12. The average Bonchev–Trinajstić information content (AvgIpc) is 2.38. The van der Waals surface area contributed by atoms with Gasteiger partial charge in [0, 0.05) is 11.1 Å².